The maximum absolute atomic E-state index is 5.85. The molecular weight excluding hydrogens is 208 g/mol. The van der Waals surface area contributed by atoms with Crippen molar-refractivity contribution in [2.75, 3.05) is 0 Å². The van der Waals surface area contributed by atoms with E-state index in [4.69, 9.17) is 5.73 Å². The lowest BCUT2D eigenvalue weighted by molar-refractivity contribution is 0.481. The number of nitrogens with two attached hydrogens (primary N) is 1. The molecule has 0 aliphatic heterocycles. The predicted molar refractivity (Wildman–Crippen MR) is 72.9 cm³/mol. The van der Waals surface area contributed by atoms with Gasteiger partial charge in [-0.05, 0) is 43.4 Å². The van der Waals surface area contributed by atoms with Gasteiger partial charge in [0.25, 0.3) is 0 Å². The Bertz CT molecular complexity index is 486. The van der Waals surface area contributed by atoms with Crippen molar-refractivity contribution in [2.45, 2.75) is 32.7 Å². The van der Waals surface area contributed by atoms with Gasteiger partial charge in [0.05, 0.1) is 5.52 Å². The number of hydrogen-bond acceptors (Lipinski definition) is 2. The van der Waals surface area contributed by atoms with E-state index < -0.39 is 0 Å². The largest absolute Gasteiger partial charge is 0.328 e. The van der Waals surface area contributed by atoms with Gasteiger partial charge in [0.15, 0.2) is 0 Å². The summed E-state index contributed by atoms with van der Waals surface area (Å²) in [6.07, 6.45) is 4.04. The van der Waals surface area contributed by atoms with Crippen LogP contribution in [0.5, 0.6) is 0 Å². The molecule has 0 aliphatic carbocycles. The van der Waals surface area contributed by atoms with E-state index in [-0.39, 0.29) is 6.04 Å². The molecule has 0 amide bonds. The third-order valence-electron chi connectivity index (χ3n) is 3.08. The predicted octanol–water partition coefficient (Wildman–Crippen LogP) is 3.15. The van der Waals surface area contributed by atoms with Crippen molar-refractivity contribution in [3.05, 3.63) is 42.1 Å². The van der Waals surface area contributed by atoms with Crippen LogP contribution in [-0.2, 0) is 6.42 Å². The summed E-state index contributed by atoms with van der Waals surface area (Å²) in [6, 6.07) is 10.7. The highest BCUT2D eigenvalue weighted by Crippen LogP contribution is 2.20. The fraction of sp³-hybridized carbons (Fsp3) is 0.400. The molecule has 2 rings (SSSR count). The van der Waals surface area contributed by atoms with Gasteiger partial charge in [-0.3, -0.25) is 4.98 Å². The van der Waals surface area contributed by atoms with Crippen LogP contribution in [0.25, 0.3) is 10.9 Å². The summed E-state index contributed by atoms with van der Waals surface area (Å²) in [6.45, 7) is 4.33. The standard InChI is InChI=1S/C15H20N2/c1-11(9-12(2)16)10-13-7-8-17-15-6-4-3-5-14(13)15/h3-8,11-12H,9-10,16H2,1-2H3. The van der Waals surface area contributed by atoms with E-state index in [0.29, 0.717) is 5.92 Å². The molecule has 0 spiro atoms. The fourth-order valence-corrected chi connectivity index (χ4v) is 2.43. The number of rotatable bonds is 4. The Balaban J connectivity index is 2.24. The van der Waals surface area contributed by atoms with Crippen molar-refractivity contribution >= 4 is 10.9 Å². The molecular formula is C15H20N2. The molecule has 0 radical (unpaired) electrons. The lowest BCUT2D eigenvalue weighted by Crippen LogP contribution is -2.19. The second kappa shape index (κ2) is 5.28. The number of benzene rings is 1. The van der Waals surface area contributed by atoms with Crippen molar-refractivity contribution in [2.24, 2.45) is 11.7 Å². The van der Waals surface area contributed by atoms with Gasteiger partial charge in [0, 0.05) is 17.6 Å². The minimum absolute atomic E-state index is 0.276. The molecule has 17 heavy (non-hydrogen) atoms. The zero-order valence-corrected chi connectivity index (χ0v) is 10.6. The molecule has 1 heterocycles. The van der Waals surface area contributed by atoms with Gasteiger partial charge in [-0.1, -0.05) is 25.1 Å². The first-order valence-corrected chi connectivity index (χ1v) is 6.25. The number of hydrogen-bond donors (Lipinski definition) is 1. The number of pyridine rings is 1. The zero-order chi connectivity index (χ0) is 12.3. The average Bonchev–Trinajstić information content (AvgIpc) is 2.28. The van der Waals surface area contributed by atoms with Crippen molar-refractivity contribution < 1.29 is 0 Å². The Labute approximate surface area is 103 Å². The van der Waals surface area contributed by atoms with Crippen molar-refractivity contribution in [1.82, 2.24) is 4.98 Å². The van der Waals surface area contributed by atoms with Crippen LogP contribution in [0.15, 0.2) is 36.5 Å². The molecule has 0 fully saturated rings. The summed E-state index contributed by atoms with van der Waals surface area (Å²) < 4.78 is 0. The topological polar surface area (TPSA) is 38.9 Å². The molecule has 0 bridgehead atoms. The molecule has 0 aliphatic rings. The number of aromatic nitrogens is 1. The lowest BCUT2D eigenvalue weighted by Gasteiger charge is -2.15. The van der Waals surface area contributed by atoms with Crippen LogP contribution in [0.4, 0.5) is 0 Å². The highest BCUT2D eigenvalue weighted by Gasteiger charge is 2.08. The minimum atomic E-state index is 0.276. The van der Waals surface area contributed by atoms with Crippen molar-refractivity contribution in [3.63, 3.8) is 0 Å². The summed E-state index contributed by atoms with van der Waals surface area (Å²) in [4.78, 5) is 4.39. The van der Waals surface area contributed by atoms with Crippen LogP contribution in [0, 0.1) is 5.92 Å². The van der Waals surface area contributed by atoms with Crippen LogP contribution in [0.3, 0.4) is 0 Å². The molecule has 2 aromatic rings. The van der Waals surface area contributed by atoms with E-state index in [1.54, 1.807) is 0 Å². The average molecular weight is 228 g/mol. The molecule has 0 saturated heterocycles. The van der Waals surface area contributed by atoms with Gasteiger partial charge >= 0.3 is 0 Å². The van der Waals surface area contributed by atoms with Gasteiger partial charge in [-0.15, -0.1) is 0 Å². The molecule has 0 saturated carbocycles. The van der Waals surface area contributed by atoms with Gasteiger partial charge in [-0.2, -0.15) is 0 Å². The molecule has 2 nitrogen and oxygen atoms in total. The van der Waals surface area contributed by atoms with Gasteiger partial charge < -0.3 is 5.73 Å². The smallest absolute Gasteiger partial charge is 0.0704 e. The second-order valence-corrected chi connectivity index (χ2v) is 5.01. The highest BCUT2D eigenvalue weighted by atomic mass is 14.6. The first-order valence-electron chi connectivity index (χ1n) is 6.25. The highest BCUT2D eigenvalue weighted by molar-refractivity contribution is 5.81. The van der Waals surface area contributed by atoms with Crippen molar-refractivity contribution in [3.8, 4) is 0 Å². The lowest BCUT2D eigenvalue weighted by atomic mass is 9.93. The quantitative estimate of drug-likeness (QED) is 0.873. The van der Waals surface area contributed by atoms with E-state index in [9.17, 15) is 0 Å². The Morgan fingerprint density at radius 1 is 1.18 bits per heavy atom. The van der Waals surface area contributed by atoms with Gasteiger partial charge in [0.2, 0.25) is 0 Å². The number of fused-ring (bicyclic) bond motifs is 1. The Hall–Kier alpha value is -1.41. The van der Waals surface area contributed by atoms with E-state index >= 15 is 0 Å². The third-order valence-corrected chi connectivity index (χ3v) is 3.08. The van der Waals surface area contributed by atoms with E-state index in [0.717, 1.165) is 18.4 Å². The summed E-state index contributed by atoms with van der Waals surface area (Å²) >= 11 is 0. The Kier molecular flexibility index (Phi) is 3.75. The van der Waals surface area contributed by atoms with E-state index in [1.165, 1.54) is 10.9 Å². The first kappa shape index (κ1) is 12.1. The van der Waals surface area contributed by atoms with E-state index in [2.05, 4.69) is 43.1 Å². The monoisotopic (exact) mass is 228 g/mol. The van der Waals surface area contributed by atoms with Crippen LogP contribution >= 0.6 is 0 Å². The number of para-hydroxylation sites is 1. The van der Waals surface area contributed by atoms with Gasteiger partial charge in [-0.25, -0.2) is 0 Å². The normalized spacial score (nSPS) is 14.8. The van der Waals surface area contributed by atoms with Crippen LogP contribution in [0.2, 0.25) is 0 Å². The molecule has 1 aromatic carbocycles. The van der Waals surface area contributed by atoms with Crippen molar-refractivity contribution in [1.29, 1.82) is 0 Å². The number of nitrogens with zero attached hydrogens (tertiary/aromatic N) is 1. The fourth-order valence-electron chi connectivity index (χ4n) is 2.43. The van der Waals surface area contributed by atoms with Crippen LogP contribution < -0.4 is 5.73 Å². The summed E-state index contributed by atoms with van der Waals surface area (Å²) in [5.74, 6) is 0.612. The summed E-state index contributed by atoms with van der Waals surface area (Å²) in [7, 11) is 0. The molecule has 2 heteroatoms. The summed E-state index contributed by atoms with van der Waals surface area (Å²) in [5.41, 5.74) is 8.31. The minimum Gasteiger partial charge on any atom is -0.328 e. The molecule has 2 unspecified atom stereocenters. The second-order valence-electron chi connectivity index (χ2n) is 5.01. The Morgan fingerprint density at radius 2 is 1.94 bits per heavy atom. The molecule has 2 N–H and O–H groups in total. The maximum atomic E-state index is 5.85. The van der Waals surface area contributed by atoms with Crippen LogP contribution in [-0.4, -0.2) is 11.0 Å². The SMILES string of the molecule is CC(N)CC(C)Cc1ccnc2ccccc12. The van der Waals surface area contributed by atoms with Gasteiger partial charge in [0.1, 0.15) is 0 Å². The third kappa shape index (κ3) is 3.04. The van der Waals surface area contributed by atoms with Crippen LogP contribution in [0.1, 0.15) is 25.8 Å². The van der Waals surface area contributed by atoms with E-state index in [1.807, 2.05) is 12.3 Å². The first-order chi connectivity index (χ1) is 8.16. The maximum Gasteiger partial charge on any atom is 0.0704 e. The molecule has 90 valence electrons. The molecule has 1 aromatic heterocycles. The Morgan fingerprint density at radius 3 is 2.71 bits per heavy atom. The molecule has 2 atom stereocenters. The summed E-state index contributed by atoms with van der Waals surface area (Å²) in [5, 5.41) is 1.27. The zero-order valence-electron chi connectivity index (χ0n) is 10.6.